The number of aromatic nitrogens is 3. The molecule has 0 atom stereocenters. The monoisotopic (exact) mass is 240 g/mol. The third-order valence-electron chi connectivity index (χ3n) is 2.10. The van der Waals surface area contributed by atoms with Crippen molar-refractivity contribution < 1.29 is 39.5 Å². The number of hydrogen-bond acceptors (Lipinski definition) is 4. The summed E-state index contributed by atoms with van der Waals surface area (Å²) in [5.41, 5.74) is 5.55. The summed E-state index contributed by atoms with van der Waals surface area (Å²) < 4.78 is 1.11. The Morgan fingerprint density at radius 1 is 1.35 bits per heavy atom. The third-order valence-corrected chi connectivity index (χ3v) is 2.10. The van der Waals surface area contributed by atoms with Crippen LogP contribution in [0.4, 0.5) is 0 Å². The molecule has 0 radical (unpaired) electrons. The Morgan fingerprint density at radius 3 is 2.53 bits per heavy atom. The summed E-state index contributed by atoms with van der Waals surface area (Å²) in [7, 11) is 0. The minimum atomic E-state index is -0.857. The molecule has 0 bridgehead atoms. The largest absolute Gasteiger partial charge is 1.00 e. The Morgan fingerprint density at radius 2 is 2.00 bits per heavy atom. The molecule has 82 valence electrons. The third kappa shape index (κ3) is 3.06. The maximum Gasteiger partial charge on any atom is 1.00 e. The number of carbonyl (C=O) groups excluding carboxylic acids is 1. The van der Waals surface area contributed by atoms with Gasteiger partial charge in [-0.05, 0) is 5.56 Å². The van der Waals surface area contributed by atoms with E-state index in [4.69, 9.17) is 5.73 Å². The van der Waals surface area contributed by atoms with E-state index in [-0.39, 0.29) is 41.8 Å². The second-order valence-corrected chi connectivity index (χ2v) is 3.25. The van der Waals surface area contributed by atoms with E-state index in [9.17, 15) is 9.90 Å². The Balaban J connectivity index is 0.00000144. The number of amides is 1. The van der Waals surface area contributed by atoms with Crippen LogP contribution in [0.1, 0.15) is 16.1 Å². The fourth-order valence-corrected chi connectivity index (χ4v) is 1.32. The Kier molecular flexibility index (Phi) is 4.68. The van der Waals surface area contributed by atoms with Gasteiger partial charge in [0.1, 0.15) is 0 Å². The van der Waals surface area contributed by atoms with Crippen molar-refractivity contribution in [1.29, 1.82) is 0 Å². The summed E-state index contributed by atoms with van der Waals surface area (Å²) in [6.45, 7) is 0.278. The van der Waals surface area contributed by atoms with Gasteiger partial charge in [0, 0.05) is 5.88 Å². The molecular formula is C10H9N4NaO2. The zero-order chi connectivity index (χ0) is 11.5. The smallest absolute Gasteiger partial charge is 0.857 e. The van der Waals surface area contributed by atoms with Crippen molar-refractivity contribution in [3.05, 3.63) is 41.6 Å². The van der Waals surface area contributed by atoms with Crippen LogP contribution in [0.5, 0.6) is 5.88 Å². The van der Waals surface area contributed by atoms with Crippen LogP contribution >= 0.6 is 0 Å². The maximum atomic E-state index is 11.6. The van der Waals surface area contributed by atoms with Crippen molar-refractivity contribution in [2.75, 3.05) is 0 Å². The van der Waals surface area contributed by atoms with Crippen LogP contribution in [-0.4, -0.2) is 20.9 Å². The average molecular weight is 240 g/mol. The second kappa shape index (κ2) is 5.81. The molecule has 1 aromatic carbocycles. The molecule has 0 spiro atoms. The number of benzene rings is 1. The second-order valence-electron chi connectivity index (χ2n) is 3.25. The molecule has 6 nitrogen and oxygen atoms in total. The first-order valence-corrected chi connectivity index (χ1v) is 4.62. The van der Waals surface area contributed by atoms with Crippen molar-refractivity contribution in [3.8, 4) is 5.88 Å². The van der Waals surface area contributed by atoms with Crippen LogP contribution in [0.2, 0.25) is 0 Å². The molecule has 17 heavy (non-hydrogen) atoms. The fourth-order valence-electron chi connectivity index (χ4n) is 1.32. The normalized spacial score (nSPS) is 9.65. The van der Waals surface area contributed by atoms with E-state index in [2.05, 4.69) is 10.3 Å². The predicted molar refractivity (Wildman–Crippen MR) is 53.5 cm³/mol. The summed E-state index contributed by atoms with van der Waals surface area (Å²) in [6, 6.07) is 9.28. The molecule has 2 N–H and O–H groups in total. The van der Waals surface area contributed by atoms with Gasteiger partial charge in [0.05, 0.1) is 6.54 Å². The summed E-state index contributed by atoms with van der Waals surface area (Å²) in [4.78, 5) is 10.8. The van der Waals surface area contributed by atoms with E-state index in [1.54, 1.807) is 0 Å². The van der Waals surface area contributed by atoms with Gasteiger partial charge >= 0.3 is 29.6 Å². The van der Waals surface area contributed by atoms with E-state index in [0.717, 1.165) is 10.2 Å². The SMILES string of the molecule is NC(=O)c1nnn(Cc2ccccc2)c1[O-].[Na+]. The molecule has 7 heteroatoms. The van der Waals surface area contributed by atoms with Crippen molar-refractivity contribution in [2.45, 2.75) is 6.54 Å². The van der Waals surface area contributed by atoms with Gasteiger partial charge in [-0.25, -0.2) is 0 Å². The Hall–Kier alpha value is -1.37. The molecule has 0 saturated carbocycles. The molecule has 0 fully saturated rings. The molecular weight excluding hydrogens is 231 g/mol. The van der Waals surface area contributed by atoms with Crippen molar-refractivity contribution in [2.24, 2.45) is 5.73 Å². The van der Waals surface area contributed by atoms with Crippen LogP contribution in [0.25, 0.3) is 0 Å². The number of carbonyl (C=O) groups is 1. The average Bonchev–Trinajstić information content (AvgIpc) is 2.62. The van der Waals surface area contributed by atoms with Crippen molar-refractivity contribution in [3.63, 3.8) is 0 Å². The minimum absolute atomic E-state index is 0. The van der Waals surface area contributed by atoms with Gasteiger partial charge in [0.25, 0.3) is 5.91 Å². The van der Waals surface area contributed by atoms with E-state index >= 15 is 0 Å². The molecule has 0 aliphatic heterocycles. The van der Waals surface area contributed by atoms with Gasteiger partial charge in [-0.3, -0.25) is 9.48 Å². The standard InChI is InChI=1S/C10H10N4O2.Na/c11-9(15)8-10(16)14(13-12-8)6-7-4-2-1-3-5-7;/h1-5,16H,6H2,(H2,11,15);/q;+1/p-1. The summed E-state index contributed by atoms with van der Waals surface area (Å²) in [5, 5.41) is 18.6. The van der Waals surface area contributed by atoms with Crippen LogP contribution < -0.4 is 40.4 Å². The number of hydrogen-bond donors (Lipinski definition) is 1. The van der Waals surface area contributed by atoms with Crippen LogP contribution in [-0.2, 0) is 6.54 Å². The number of nitrogens with zero attached hydrogens (tertiary/aromatic N) is 3. The van der Waals surface area contributed by atoms with Gasteiger partial charge < -0.3 is 10.8 Å². The summed E-state index contributed by atoms with van der Waals surface area (Å²) in [6.07, 6.45) is 0. The molecule has 1 amide bonds. The summed E-state index contributed by atoms with van der Waals surface area (Å²) >= 11 is 0. The van der Waals surface area contributed by atoms with E-state index in [1.165, 1.54) is 0 Å². The van der Waals surface area contributed by atoms with Crippen molar-refractivity contribution in [1.82, 2.24) is 15.0 Å². The number of rotatable bonds is 3. The fraction of sp³-hybridized carbons (Fsp3) is 0.100. The van der Waals surface area contributed by atoms with Gasteiger partial charge in [-0.15, -0.1) is 5.10 Å². The van der Waals surface area contributed by atoms with Crippen molar-refractivity contribution >= 4 is 5.91 Å². The molecule has 0 unspecified atom stereocenters. The minimum Gasteiger partial charge on any atom is -0.857 e. The molecule has 0 aliphatic carbocycles. The van der Waals surface area contributed by atoms with Gasteiger partial charge in [-0.2, -0.15) is 0 Å². The van der Waals surface area contributed by atoms with E-state index in [1.807, 2.05) is 30.3 Å². The van der Waals surface area contributed by atoms with Gasteiger partial charge in [0.15, 0.2) is 5.69 Å². The van der Waals surface area contributed by atoms with Crippen LogP contribution in [0.15, 0.2) is 30.3 Å². The molecule has 2 rings (SSSR count). The Labute approximate surface area is 120 Å². The van der Waals surface area contributed by atoms with E-state index < -0.39 is 11.8 Å². The van der Waals surface area contributed by atoms with Gasteiger partial charge in [0.2, 0.25) is 0 Å². The summed E-state index contributed by atoms with van der Waals surface area (Å²) in [5.74, 6) is -1.42. The molecule has 0 saturated heterocycles. The maximum absolute atomic E-state index is 11.6. The molecule has 0 aliphatic rings. The Bertz CT molecular complexity index is 512. The molecule has 1 aromatic heterocycles. The first kappa shape index (κ1) is 13.7. The zero-order valence-corrected chi connectivity index (χ0v) is 11.3. The van der Waals surface area contributed by atoms with Crippen LogP contribution in [0.3, 0.4) is 0 Å². The first-order chi connectivity index (χ1) is 7.68. The number of nitrogens with two attached hydrogens (primary N) is 1. The number of primary amides is 1. The quantitative estimate of drug-likeness (QED) is 0.563. The molecule has 2 aromatic rings. The molecule has 1 heterocycles. The van der Waals surface area contributed by atoms with E-state index in [0.29, 0.717) is 0 Å². The topological polar surface area (TPSA) is 96.9 Å². The van der Waals surface area contributed by atoms with Crippen LogP contribution in [0, 0.1) is 0 Å². The predicted octanol–water partition coefficient (Wildman–Crippen LogP) is -3.50. The first-order valence-electron chi connectivity index (χ1n) is 4.62. The van der Waals surface area contributed by atoms with Gasteiger partial charge in [-0.1, -0.05) is 35.5 Å². The zero-order valence-electron chi connectivity index (χ0n) is 9.33.